The third-order valence-electron chi connectivity index (χ3n) is 3.69. The minimum absolute atomic E-state index is 0.0436. The maximum absolute atomic E-state index is 11.4. The minimum atomic E-state index is 0.0436. The van der Waals surface area contributed by atoms with E-state index in [4.69, 9.17) is 4.74 Å². The summed E-state index contributed by atoms with van der Waals surface area (Å²) in [6.07, 6.45) is 13.9. The van der Waals surface area contributed by atoms with Gasteiger partial charge in [0.2, 0.25) is 0 Å². The molecule has 1 atom stereocenters. The van der Waals surface area contributed by atoms with Gasteiger partial charge in [-0.05, 0) is 32.6 Å². The van der Waals surface area contributed by atoms with Gasteiger partial charge in [-0.1, -0.05) is 51.9 Å². The number of rotatable bonds is 11. The van der Waals surface area contributed by atoms with Crippen LogP contribution in [0.3, 0.4) is 0 Å². The highest BCUT2D eigenvalue weighted by Gasteiger charge is 2.31. The summed E-state index contributed by atoms with van der Waals surface area (Å²) in [7, 11) is 0. The summed E-state index contributed by atoms with van der Waals surface area (Å²) in [5, 5.41) is 0. The second-order valence-corrected chi connectivity index (χ2v) is 5.79. The Kier molecular flexibility index (Phi) is 8.11. The van der Waals surface area contributed by atoms with Crippen molar-refractivity contribution >= 4 is 5.97 Å². The van der Waals surface area contributed by atoms with Gasteiger partial charge in [0.15, 0.2) is 0 Å². The molecule has 1 unspecified atom stereocenters. The molecule has 2 nitrogen and oxygen atoms in total. The molecule has 0 aromatic rings. The molecule has 0 spiro atoms. The van der Waals surface area contributed by atoms with Gasteiger partial charge in [0.1, 0.15) is 0 Å². The SMILES string of the molecule is CCCCCCCCCCC(C)OC(=O)C1CC1. The lowest BCUT2D eigenvalue weighted by Crippen LogP contribution is -2.15. The Labute approximate surface area is 112 Å². The molecular weight excluding hydrogens is 224 g/mol. The smallest absolute Gasteiger partial charge is 0.309 e. The first-order valence-electron chi connectivity index (χ1n) is 7.94. The summed E-state index contributed by atoms with van der Waals surface area (Å²) in [6.45, 7) is 4.28. The number of hydrogen-bond acceptors (Lipinski definition) is 2. The number of ether oxygens (including phenoxy) is 1. The lowest BCUT2D eigenvalue weighted by Gasteiger charge is -2.12. The van der Waals surface area contributed by atoms with Crippen molar-refractivity contribution < 1.29 is 9.53 Å². The van der Waals surface area contributed by atoms with E-state index < -0.39 is 0 Å². The van der Waals surface area contributed by atoms with E-state index in [0.717, 1.165) is 19.3 Å². The van der Waals surface area contributed by atoms with Crippen LogP contribution in [0.25, 0.3) is 0 Å². The predicted molar refractivity (Wildman–Crippen MR) is 75.5 cm³/mol. The number of unbranched alkanes of at least 4 members (excludes halogenated alkanes) is 7. The average molecular weight is 254 g/mol. The van der Waals surface area contributed by atoms with E-state index in [9.17, 15) is 4.79 Å². The van der Waals surface area contributed by atoms with Gasteiger partial charge >= 0.3 is 5.97 Å². The van der Waals surface area contributed by atoms with Crippen molar-refractivity contribution in [3.8, 4) is 0 Å². The third-order valence-corrected chi connectivity index (χ3v) is 3.69. The fraction of sp³-hybridized carbons (Fsp3) is 0.938. The Morgan fingerprint density at radius 3 is 2.17 bits per heavy atom. The molecule has 1 rings (SSSR count). The van der Waals surface area contributed by atoms with E-state index in [1.165, 1.54) is 51.4 Å². The zero-order valence-electron chi connectivity index (χ0n) is 12.2. The van der Waals surface area contributed by atoms with E-state index in [-0.39, 0.29) is 18.0 Å². The van der Waals surface area contributed by atoms with E-state index in [1.807, 2.05) is 6.92 Å². The maximum atomic E-state index is 11.4. The molecule has 1 fully saturated rings. The van der Waals surface area contributed by atoms with E-state index in [1.54, 1.807) is 0 Å². The summed E-state index contributed by atoms with van der Waals surface area (Å²) < 4.78 is 5.39. The van der Waals surface area contributed by atoms with Crippen LogP contribution in [0.5, 0.6) is 0 Å². The Hall–Kier alpha value is -0.530. The van der Waals surface area contributed by atoms with Crippen LogP contribution in [-0.2, 0) is 9.53 Å². The molecule has 0 N–H and O–H groups in total. The summed E-state index contributed by atoms with van der Waals surface area (Å²) in [5.41, 5.74) is 0. The summed E-state index contributed by atoms with van der Waals surface area (Å²) in [5.74, 6) is 0.285. The Bertz CT molecular complexity index is 221. The molecule has 18 heavy (non-hydrogen) atoms. The summed E-state index contributed by atoms with van der Waals surface area (Å²) in [4.78, 5) is 11.4. The van der Waals surface area contributed by atoms with Crippen molar-refractivity contribution in [2.24, 2.45) is 5.92 Å². The zero-order valence-corrected chi connectivity index (χ0v) is 12.2. The molecule has 0 bridgehead atoms. The number of carbonyl (C=O) groups excluding carboxylic acids is 1. The van der Waals surface area contributed by atoms with Crippen molar-refractivity contribution in [3.05, 3.63) is 0 Å². The molecule has 1 aliphatic rings. The van der Waals surface area contributed by atoms with Gasteiger partial charge in [0.25, 0.3) is 0 Å². The third kappa shape index (κ3) is 7.73. The second-order valence-electron chi connectivity index (χ2n) is 5.79. The minimum Gasteiger partial charge on any atom is -0.462 e. The lowest BCUT2D eigenvalue weighted by molar-refractivity contribution is -0.150. The molecule has 0 radical (unpaired) electrons. The Morgan fingerprint density at radius 1 is 1.06 bits per heavy atom. The van der Waals surface area contributed by atoms with Crippen molar-refractivity contribution in [2.75, 3.05) is 0 Å². The molecular formula is C16H30O2. The Morgan fingerprint density at radius 2 is 1.61 bits per heavy atom. The van der Waals surface area contributed by atoms with Crippen molar-refractivity contribution in [2.45, 2.75) is 90.6 Å². The fourth-order valence-corrected chi connectivity index (χ4v) is 2.24. The van der Waals surface area contributed by atoms with Crippen molar-refractivity contribution in [3.63, 3.8) is 0 Å². The van der Waals surface area contributed by atoms with Crippen LogP contribution in [0.1, 0.15) is 84.5 Å². The van der Waals surface area contributed by atoms with Gasteiger partial charge in [-0.2, -0.15) is 0 Å². The van der Waals surface area contributed by atoms with Crippen LogP contribution in [0.4, 0.5) is 0 Å². The zero-order chi connectivity index (χ0) is 13.2. The van der Waals surface area contributed by atoms with Crippen LogP contribution >= 0.6 is 0 Å². The van der Waals surface area contributed by atoms with E-state index in [2.05, 4.69) is 6.92 Å². The molecule has 0 amide bonds. The monoisotopic (exact) mass is 254 g/mol. The van der Waals surface area contributed by atoms with Crippen LogP contribution < -0.4 is 0 Å². The highest BCUT2D eigenvalue weighted by molar-refractivity contribution is 5.75. The standard InChI is InChI=1S/C16H30O2/c1-3-4-5-6-7-8-9-10-11-14(2)18-16(17)15-12-13-15/h14-15H,3-13H2,1-2H3. The molecule has 106 valence electrons. The number of esters is 1. The predicted octanol–water partition coefficient (Wildman–Crippen LogP) is 4.86. The number of hydrogen-bond donors (Lipinski definition) is 0. The van der Waals surface area contributed by atoms with E-state index >= 15 is 0 Å². The van der Waals surface area contributed by atoms with Gasteiger partial charge < -0.3 is 4.74 Å². The summed E-state index contributed by atoms with van der Waals surface area (Å²) >= 11 is 0. The van der Waals surface area contributed by atoms with Gasteiger partial charge in [0, 0.05) is 0 Å². The van der Waals surface area contributed by atoms with Gasteiger partial charge in [-0.15, -0.1) is 0 Å². The highest BCUT2D eigenvalue weighted by Crippen LogP contribution is 2.30. The van der Waals surface area contributed by atoms with Crippen molar-refractivity contribution in [1.82, 2.24) is 0 Å². The quantitative estimate of drug-likeness (QED) is 0.389. The first-order valence-corrected chi connectivity index (χ1v) is 7.94. The van der Waals surface area contributed by atoms with Crippen LogP contribution in [0.2, 0.25) is 0 Å². The normalized spacial score (nSPS) is 16.6. The first kappa shape index (κ1) is 15.5. The topological polar surface area (TPSA) is 26.3 Å². The highest BCUT2D eigenvalue weighted by atomic mass is 16.5. The largest absolute Gasteiger partial charge is 0.462 e. The van der Waals surface area contributed by atoms with Crippen LogP contribution in [0, 0.1) is 5.92 Å². The molecule has 0 saturated heterocycles. The average Bonchev–Trinajstić information content (AvgIpc) is 3.16. The molecule has 1 saturated carbocycles. The number of carbonyl (C=O) groups is 1. The van der Waals surface area contributed by atoms with Crippen LogP contribution in [0.15, 0.2) is 0 Å². The first-order chi connectivity index (χ1) is 8.74. The molecule has 0 heterocycles. The Balaban J connectivity index is 1.83. The lowest BCUT2D eigenvalue weighted by atomic mass is 10.1. The second kappa shape index (κ2) is 9.41. The fourth-order valence-electron chi connectivity index (χ4n) is 2.24. The molecule has 0 aliphatic heterocycles. The molecule has 2 heteroatoms. The van der Waals surface area contributed by atoms with Crippen LogP contribution in [-0.4, -0.2) is 12.1 Å². The van der Waals surface area contributed by atoms with Gasteiger partial charge in [0.05, 0.1) is 12.0 Å². The maximum Gasteiger partial charge on any atom is 0.309 e. The molecule has 0 aromatic heterocycles. The van der Waals surface area contributed by atoms with E-state index in [0.29, 0.717) is 0 Å². The van der Waals surface area contributed by atoms with Gasteiger partial charge in [-0.25, -0.2) is 0 Å². The van der Waals surface area contributed by atoms with Gasteiger partial charge in [-0.3, -0.25) is 4.79 Å². The summed E-state index contributed by atoms with van der Waals surface area (Å²) in [6, 6.07) is 0. The molecule has 1 aliphatic carbocycles. The molecule has 0 aromatic carbocycles. The van der Waals surface area contributed by atoms with Crippen molar-refractivity contribution in [1.29, 1.82) is 0 Å².